The zero-order valence-corrected chi connectivity index (χ0v) is 12.0. The molecule has 1 fully saturated rings. The summed E-state index contributed by atoms with van der Waals surface area (Å²) in [6, 6.07) is 7.02. The molecule has 0 amide bonds. The summed E-state index contributed by atoms with van der Waals surface area (Å²) >= 11 is 0. The maximum Gasteiger partial charge on any atom is 0.196 e. The fraction of sp³-hybridized carbons (Fsp3) is 0.533. The number of hydrogen-bond acceptors (Lipinski definition) is 4. The van der Waals surface area contributed by atoms with E-state index in [2.05, 4.69) is 28.8 Å². The summed E-state index contributed by atoms with van der Waals surface area (Å²) in [5.74, 6) is 0.322. The highest BCUT2D eigenvalue weighted by atomic mass is 19.1. The molecule has 1 aromatic carbocycles. The second-order valence-corrected chi connectivity index (χ2v) is 5.99. The van der Waals surface area contributed by atoms with Gasteiger partial charge in [-0.3, -0.25) is 4.99 Å². The van der Waals surface area contributed by atoms with Crippen LogP contribution in [0.5, 0.6) is 0 Å². The molecule has 0 aromatic heterocycles. The Morgan fingerprint density at radius 2 is 2.05 bits per heavy atom. The fourth-order valence-corrected chi connectivity index (χ4v) is 3.37. The maximum absolute atomic E-state index is 13.1. The Balaban J connectivity index is 1.94. The summed E-state index contributed by atoms with van der Waals surface area (Å²) in [4.78, 5) is 8.93. The van der Waals surface area contributed by atoms with Crippen molar-refractivity contribution in [2.45, 2.75) is 31.3 Å². The van der Waals surface area contributed by atoms with Crippen molar-refractivity contribution in [3.8, 4) is 0 Å². The standard InChI is InChI=1S/C15H21FN4/c1-11-9-15(7-8-19(11)2)10-18-14(17)20(15)13-5-3-12(16)4-6-13/h3-6,11H,7-10H2,1-2H3,(H2,17,18). The molecular formula is C15H21FN4. The van der Waals surface area contributed by atoms with Crippen LogP contribution >= 0.6 is 0 Å². The van der Waals surface area contributed by atoms with Crippen LogP contribution in [0.2, 0.25) is 0 Å². The molecule has 0 aliphatic carbocycles. The zero-order valence-electron chi connectivity index (χ0n) is 12.0. The van der Waals surface area contributed by atoms with Crippen LogP contribution in [0, 0.1) is 5.82 Å². The van der Waals surface area contributed by atoms with Crippen molar-refractivity contribution in [2.75, 3.05) is 25.0 Å². The van der Waals surface area contributed by atoms with Gasteiger partial charge in [-0.25, -0.2) is 4.39 Å². The number of benzene rings is 1. The SMILES string of the molecule is CC1CC2(CCN1C)CN=C(N)N2c1ccc(F)cc1. The summed E-state index contributed by atoms with van der Waals surface area (Å²) in [5, 5.41) is 0. The number of likely N-dealkylation sites (tertiary alicyclic amines) is 1. The number of nitrogens with zero attached hydrogens (tertiary/aromatic N) is 3. The van der Waals surface area contributed by atoms with E-state index >= 15 is 0 Å². The first kappa shape index (κ1) is 13.4. The number of piperidine rings is 1. The van der Waals surface area contributed by atoms with Crippen molar-refractivity contribution in [1.29, 1.82) is 0 Å². The average molecular weight is 276 g/mol. The third-order valence-corrected chi connectivity index (χ3v) is 4.68. The third-order valence-electron chi connectivity index (χ3n) is 4.68. The maximum atomic E-state index is 13.1. The van der Waals surface area contributed by atoms with Gasteiger partial charge in [-0.1, -0.05) is 0 Å². The second-order valence-electron chi connectivity index (χ2n) is 5.99. The van der Waals surface area contributed by atoms with E-state index < -0.39 is 0 Å². The predicted octanol–water partition coefficient (Wildman–Crippen LogP) is 1.81. The zero-order chi connectivity index (χ0) is 14.3. The van der Waals surface area contributed by atoms with Gasteiger partial charge in [-0.05, 0) is 51.1 Å². The molecule has 20 heavy (non-hydrogen) atoms. The van der Waals surface area contributed by atoms with Gasteiger partial charge in [0.1, 0.15) is 5.82 Å². The summed E-state index contributed by atoms with van der Waals surface area (Å²) in [5.41, 5.74) is 6.99. The Morgan fingerprint density at radius 1 is 1.35 bits per heavy atom. The number of guanidine groups is 1. The van der Waals surface area contributed by atoms with Gasteiger partial charge in [0, 0.05) is 18.3 Å². The van der Waals surface area contributed by atoms with Crippen molar-refractivity contribution in [1.82, 2.24) is 4.90 Å². The average Bonchev–Trinajstić information content (AvgIpc) is 2.73. The summed E-state index contributed by atoms with van der Waals surface area (Å²) < 4.78 is 13.1. The number of rotatable bonds is 1. The van der Waals surface area contributed by atoms with E-state index in [-0.39, 0.29) is 11.4 Å². The molecule has 2 aliphatic heterocycles. The monoisotopic (exact) mass is 276 g/mol. The van der Waals surface area contributed by atoms with Gasteiger partial charge in [0.05, 0.1) is 12.1 Å². The lowest BCUT2D eigenvalue weighted by molar-refractivity contribution is 0.141. The van der Waals surface area contributed by atoms with E-state index in [1.165, 1.54) is 12.1 Å². The molecule has 1 aromatic rings. The van der Waals surface area contributed by atoms with Gasteiger partial charge >= 0.3 is 0 Å². The van der Waals surface area contributed by atoms with E-state index in [1.54, 1.807) is 12.1 Å². The first-order valence-corrected chi connectivity index (χ1v) is 7.08. The molecule has 2 aliphatic rings. The highest BCUT2D eigenvalue weighted by molar-refractivity contribution is 5.98. The molecule has 0 bridgehead atoms. The number of nitrogens with two attached hydrogens (primary N) is 1. The first-order chi connectivity index (χ1) is 9.52. The summed E-state index contributed by atoms with van der Waals surface area (Å²) in [6.07, 6.45) is 2.04. The van der Waals surface area contributed by atoms with E-state index in [0.717, 1.165) is 31.6 Å². The Kier molecular flexibility index (Phi) is 3.17. The van der Waals surface area contributed by atoms with E-state index in [4.69, 9.17) is 5.73 Å². The van der Waals surface area contributed by atoms with Gasteiger partial charge in [-0.2, -0.15) is 0 Å². The van der Waals surface area contributed by atoms with Crippen molar-refractivity contribution in [3.05, 3.63) is 30.1 Å². The number of anilines is 1. The molecule has 3 rings (SSSR count). The van der Waals surface area contributed by atoms with Crippen molar-refractivity contribution in [3.63, 3.8) is 0 Å². The van der Waals surface area contributed by atoms with E-state index in [9.17, 15) is 4.39 Å². The minimum Gasteiger partial charge on any atom is -0.369 e. The first-order valence-electron chi connectivity index (χ1n) is 7.08. The number of hydrogen-bond donors (Lipinski definition) is 1. The molecule has 1 saturated heterocycles. The van der Waals surface area contributed by atoms with Gasteiger partial charge in [0.25, 0.3) is 0 Å². The minimum atomic E-state index is -0.228. The lowest BCUT2D eigenvalue weighted by Crippen LogP contribution is -2.59. The normalized spacial score (nSPS) is 30.9. The predicted molar refractivity (Wildman–Crippen MR) is 79.4 cm³/mol. The van der Waals surface area contributed by atoms with Crippen LogP contribution in [0.3, 0.4) is 0 Å². The molecule has 1 spiro atoms. The highest BCUT2D eigenvalue weighted by Gasteiger charge is 2.46. The molecule has 0 radical (unpaired) electrons. The molecule has 4 nitrogen and oxygen atoms in total. The van der Waals surface area contributed by atoms with E-state index in [1.807, 2.05) is 0 Å². The Bertz CT molecular complexity index is 527. The van der Waals surface area contributed by atoms with Crippen LogP contribution in [0.25, 0.3) is 0 Å². The highest BCUT2D eigenvalue weighted by Crippen LogP contribution is 2.38. The lowest BCUT2D eigenvalue weighted by atomic mass is 9.82. The second kappa shape index (κ2) is 4.74. The van der Waals surface area contributed by atoms with Crippen LogP contribution in [-0.4, -0.2) is 42.6 Å². The van der Waals surface area contributed by atoms with Crippen molar-refractivity contribution >= 4 is 11.6 Å². The van der Waals surface area contributed by atoms with Gasteiger partial charge in [0.15, 0.2) is 5.96 Å². The quantitative estimate of drug-likeness (QED) is 0.851. The Labute approximate surface area is 119 Å². The van der Waals surface area contributed by atoms with Gasteiger partial charge in [0.2, 0.25) is 0 Å². The third kappa shape index (κ3) is 2.06. The molecule has 2 atom stereocenters. The molecule has 2 N–H and O–H groups in total. The largest absolute Gasteiger partial charge is 0.369 e. The topological polar surface area (TPSA) is 44.9 Å². The van der Waals surface area contributed by atoms with E-state index in [0.29, 0.717) is 12.0 Å². The molecule has 5 heteroatoms. The molecule has 108 valence electrons. The van der Waals surface area contributed by atoms with Crippen LogP contribution in [0.1, 0.15) is 19.8 Å². The van der Waals surface area contributed by atoms with Crippen LogP contribution in [-0.2, 0) is 0 Å². The smallest absolute Gasteiger partial charge is 0.196 e. The Morgan fingerprint density at radius 3 is 2.70 bits per heavy atom. The molecule has 2 unspecified atom stereocenters. The molecule has 0 saturated carbocycles. The van der Waals surface area contributed by atoms with Crippen LogP contribution in [0.15, 0.2) is 29.3 Å². The lowest BCUT2D eigenvalue weighted by Gasteiger charge is -2.47. The number of aliphatic imine (C=N–C) groups is 1. The summed E-state index contributed by atoms with van der Waals surface area (Å²) in [7, 11) is 2.15. The summed E-state index contributed by atoms with van der Waals surface area (Å²) in [6.45, 7) is 3.99. The van der Waals surface area contributed by atoms with Crippen molar-refractivity contribution in [2.24, 2.45) is 10.7 Å². The molecule has 2 heterocycles. The number of halogens is 1. The van der Waals surface area contributed by atoms with Crippen LogP contribution in [0.4, 0.5) is 10.1 Å². The Hall–Kier alpha value is -1.62. The van der Waals surface area contributed by atoms with Crippen LogP contribution < -0.4 is 10.6 Å². The fourth-order valence-electron chi connectivity index (χ4n) is 3.37. The minimum absolute atomic E-state index is 0.0478. The van der Waals surface area contributed by atoms with Gasteiger partial charge in [-0.15, -0.1) is 0 Å². The molecular weight excluding hydrogens is 255 g/mol. The van der Waals surface area contributed by atoms with Gasteiger partial charge < -0.3 is 15.5 Å². The van der Waals surface area contributed by atoms with Crippen molar-refractivity contribution < 1.29 is 4.39 Å².